The Morgan fingerprint density at radius 3 is 2.82 bits per heavy atom. The number of nitrogens with one attached hydrogen (secondary N) is 1. The van der Waals surface area contributed by atoms with Crippen LogP contribution >= 0.6 is 27.3 Å². The lowest BCUT2D eigenvalue weighted by Gasteiger charge is -2.24. The van der Waals surface area contributed by atoms with Gasteiger partial charge in [0.15, 0.2) is 0 Å². The second-order valence-electron chi connectivity index (χ2n) is 4.36. The summed E-state index contributed by atoms with van der Waals surface area (Å²) in [7, 11) is 1.77. The molecule has 2 nitrogen and oxygen atoms in total. The standard InChI is InChI=1S/C13H22BrNOS/c1-4-6-15-13(10(2)5-7-16-3)12-8-11(14)9-17-12/h8-10,13,15H,4-7H2,1-3H3. The van der Waals surface area contributed by atoms with Crippen LogP contribution in [0.1, 0.15) is 37.6 Å². The molecule has 1 aromatic heterocycles. The predicted molar refractivity (Wildman–Crippen MR) is 78.7 cm³/mol. The van der Waals surface area contributed by atoms with Crippen molar-refractivity contribution in [3.8, 4) is 0 Å². The lowest BCUT2D eigenvalue weighted by Crippen LogP contribution is -2.27. The normalized spacial score (nSPS) is 14.8. The summed E-state index contributed by atoms with van der Waals surface area (Å²) >= 11 is 5.35. The Balaban J connectivity index is 2.65. The molecule has 0 aromatic carbocycles. The summed E-state index contributed by atoms with van der Waals surface area (Å²) in [5.41, 5.74) is 0. The first-order chi connectivity index (χ1) is 8.19. The third-order valence-electron chi connectivity index (χ3n) is 2.85. The molecular formula is C13H22BrNOS. The molecule has 0 saturated carbocycles. The lowest BCUT2D eigenvalue weighted by molar-refractivity contribution is 0.170. The van der Waals surface area contributed by atoms with Crippen LogP contribution in [0.3, 0.4) is 0 Å². The Bertz CT molecular complexity index is 316. The summed E-state index contributed by atoms with van der Waals surface area (Å²) in [6, 6.07) is 2.67. The third kappa shape index (κ3) is 5.08. The highest BCUT2D eigenvalue weighted by Crippen LogP contribution is 2.31. The average molecular weight is 320 g/mol. The van der Waals surface area contributed by atoms with E-state index in [0.717, 1.165) is 19.6 Å². The molecular weight excluding hydrogens is 298 g/mol. The molecule has 98 valence electrons. The van der Waals surface area contributed by atoms with Gasteiger partial charge in [-0.1, -0.05) is 13.8 Å². The first-order valence-electron chi connectivity index (χ1n) is 6.15. The third-order valence-corrected chi connectivity index (χ3v) is 4.63. The molecule has 1 heterocycles. The van der Waals surface area contributed by atoms with Crippen molar-refractivity contribution in [1.29, 1.82) is 0 Å². The van der Waals surface area contributed by atoms with E-state index < -0.39 is 0 Å². The zero-order valence-electron chi connectivity index (χ0n) is 10.8. The molecule has 0 aliphatic carbocycles. The topological polar surface area (TPSA) is 21.3 Å². The van der Waals surface area contributed by atoms with Crippen molar-refractivity contribution in [3.63, 3.8) is 0 Å². The largest absolute Gasteiger partial charge is 0.385 e. The molecule has 2 atom stereocenters. The van der Waals surface area contributed by atoms with Gasteiger partial charge in [0.1, 0.15) is 0 Å². The summed E-state index contributed by atoms with van der Waals surface area (Å²) in [5.74, 6) is 0.590. The van der Waals surface area contributed by atoms with E-state index in [-0.39, 0.29) is 0 Å². The van der Waals surface area contributed by atoms with Crippen molar-refractivity contribution >= 4 is 27.3 Å². The second kappa shape index (κ2) is 8.25. The summed E-state index contributed by atoms with van der Waals surface area (Å²) in [4.78, 5) is 1.41. The number of ether oxygens (including phenoxy) is 1. The molecule has 0 radical (unpaired) electrons. The second-order valence-corrected chi connectivity index (χ2v) is 6.22. The fraction of sp³-hybridized carbons (Fsp3) is 0.692. The number of thiophene rings is 1. The highest BCUT2D eigenvalue weighted by Gasteiger charge is 2.19. The maximum atomic E-state index is 5.17. The van der Waals surface area contributed by atoms with Crippen molar-refractivity contribution in [3.05, 3.63) is 20.8 Å². The monoisotopic (exact) mass is 319 g/mol. The summed E-state index contributed by atoms with van der Waals surface area (Å²) in [6.45, 7) is 6.39. The number of hydrogen-bond acceptors (Lipinski definition) is 3. The van der Waals surface area contributed by atoms with Gasteiger partial charge in [-0.2, -0.15) is 0 Å². The van der Waals surface area contributed by atoms with Crippen molar-refractivity contribution in [2.75, 3.05) is 20.3 Å². The fourth-order valence-electron chi connectivity index (χ4n) is 1.84. The van der Waals surface area contributed by atoms with Crippen molar-refractivity contribution in [2.45, 2.75) is 32.7 Å². The molecule has 0 aliphatic rings. The molecule has 4 heteroatoms. The Kier molecular flexibility index (Phi) is 7.35. The van der Waals surface area contributed by atoms with Gasteiger partial charge in [0.05, 0.1) is 0 Å². The molecule has 0 saturated heterocycles. The number of rotatable bonds is 8. The van der Waals surface area contributed by atoms with Crippen LogP contribution in [0.4, 0.5) is 0 Å². The molecule has 2 unspecified atom stereocenters. The number of hydrogen-bond donors (Lipinski definition) is 1. The molecule has 0 aliphatic heterocycles. The first kappa shape index (κ1) is 15.2. The van der Waals surface area contributed by atoms with Crippen LogP contribution in [0.2, 0.25) is 0 Å². The maximum absolute atomic E-state index is 5.17. The maximum Gasteiger partial charge on any atom is 0.0465 e. The van der Waals surface area contributed by atoms with Crippen LogP contribution in [0.5, 0.6) is 0 Å². The average Bonchev–Trinajstić information content (AvgIpc) is 2.73. The Hall–Kier alpha value is 0.1000. The molecule has 0 bridgehead atoms. The quantitative estimate of drug-likeness (QED) is 0.774. The van der Waals surface area contributed by atoms with Crippen LogP contribution in [0, 0.1) is 5.92 Å². The van der Waals surface area contributed by atoms with Crippen LogP contribution in [0.25, 0.3) is 0 Å². The molecule has 1 aromatic rings. The fourth-order valence-corrected chi connectivity index (χ4v) is 3.50. The first-order valence-corrected chi connectivity index (χ1v) is 7.82. The van der Waals surface area contributed by atoms with E-state index in [0.29, 0.717) is 12.0 Å². The molecule has 0 amide bonds. The Labute approximate surface area is 117 Å². The molecule has 1 rings (SSSR count). The molecule has 1 N–H and O–H groups in total. The van der Waals surface area contributed by atoms with Crippen LogP contribution in [0.15, 0.2) is 15.9 Å². The van der Waals surface area contributed by atoms with Crippen molar-refractivity contribution < 1.29 is 4.74 Å². The molecule has 0 spiro atoms. The van der Waals surface area contributed by atoms with E-state index in [1.807, 2.05) is 11.3 Å². The van der Waals surface area contributed by atoms with E-state index in [1.54, 1.807) is 7.11 Å². The minimum atomic E-state index is 0.446. The van der Waals surface area contributed by atoms with Crippen molar-refractivity contribution in [1.82, 2.24) is 5.32 Å². The SMILES string of the molecule is CCCNC(c1cc(Br)cs1)C(C)CCOC. The van der Waals surface area contributed by atoms with Crippen LogP contribution in [-0.2, 0) is 4.74 Å². The van der Waals surface area contributed by atoms with E-state index in [9.17, 15) is 0 Å². The van der Waals surface area contributed by atoms with Crippen LogP contribution in [-0.4, -0.2) is 20.3 Å². The van der Waals surface area contributed by atoms with E-state index >= 15 is 0 Å². The van der Waals surface area contributed by atoms with E-state index in [2.05, 4.69) is 46.5 Å². The molecule has 0 fully saturated rings. The Morgan fingerprint density at radius 2 is 2.29 bits per heavy atom. The summed E-state index contributed by atoms with van der Waals surface area (Å²) in [6.07, 6.45) is 2.26. The number of halogens is 1. The van der Waals surface area contributed by atoms with Gasteiger partial charge in [-0.3, -0.25) is 0 Å². The van der Waals surface area contributed by atoms with Gasteiger partial charge in [-0.05, 0) is 47.3 Å². The van der Waals surface area contributed by atoms with Gasteiger partial charge in [-0.15, -0.1) is 11.3 Å². The molecule has 17 heavy (non-hydrogen) atoms. The van der Waals surface area contributed by atoms with Gasteiger partial charge in [0.2, 0.25) is 0 Å². The van der Waals surface area contributed by atoms with Gasteiger partial charge in [0, 0.05) is 34.5 Å². The lowest BCUT2D eigenvalue weighted by atomic mass is 9.97. The minimum Gasteiger partial charge on any atom is -0.385 e. The predicted octanol–water partition coefficient (Wildman–Crippen LogP) is 4.22. The van der Waals surface area contributed by atoms with Gasteiger partial charge in [0.25, 0.3) is 0 Å². The van der Waals surface area contributed by atoms with E-state index in [1.165, 1.54) is 15.8 Å². The van der Waals surface area contributed by atoms with Gasteiger partial charge in [-0.25, -0.2) is 0 Å². The zero-order valence-corrected chi connectivity index (χ0v) is 13.2. The zero-order chi connectivity index (χ0) is 12.7. The summed E-state index contributed by atoms with van der Waals surface area (Å²) < 4.78 is 6.35. The van der Waals surface area contributed by atoms with Crippen LogP contribution < -0.4 is 5.32 Å². The van der Waals surface area contributed by atoms with E-state index in [4.69, 9.17) is 4.74 Å². The highest BCUT2D eigenvalue weighted by molar-refractivity contribution is 9.10. The highest BCUT2D eigenvalue weighted by atomic mass is 79.9. The van der Waals surface area contributed by atoms with Crippen molar-refractivity contribution in [2.24, 2.45) is 5.92 Å². The Morgan fingerprint density at radius 1 is 1.53 bits per heavy atom. The number of methoxy groups -OCH3 is 1. The summed E-state index contributed by atoms with van der Waals surface area (Å²) in [5, 5.41) is 5.79. The van der Waals surface area contributed by atoms with Gasteiger partial charge < -0.3 is 10.1 Å². The minimum absolute atomic E-state index is 0.446. The smallest absolute Gasteiger partial charge is 0.0465 e. The van der Waals surface area contributed by atoms with Gasteiger partial charge >= 0.3 is 0 Å².